The number of nitrogens with one attached hydrogen (secondary N) is 1. The van der Waals surface area contributed by atoms with Crippen LogP contribution >= 0.6 is 0 Å². The Labute approximate surface area is 120 Å². The summed E-state index contributed by atoms with van der Waals surface area (Å²) in [6.45, 7) is 10.5. The fourth-order valence-electron chi connectivity index (χ4n) is 3.18. The molecule has 2 aliphatic rings. The summed E-state index contributed by atoms with van der Waals surface area (Å²) in [6, 6.07) is 2.21. The van der Waals surface area contributed by atoms with Gasteiger partial charge in [0.1, 0.15) is 0 Å². The van der Waals surface area contributed by atoms with Crippen LogP contribution in [0.2, 0.25) is 0 Å². The van der Waals surface area contributed by atoms with Crippen molar-refractivity contribution in [3.05, 3.63) is 5.89 Å². The maximum absolute atomic E-state index is 5.82. The molecule has 1 aromatic heterocycles. The van der Waals surface area contributed by atoms with Crippen LogP contribution in [-0.2, 0) is 6.54 Å². The number of rotatable bonds is 4. The Morgan fingerprint density at radius 3 is 3.00 bits per heavy atom. The lowest BCUT2D eigenvalue weighted by Gasteiger charge is -2.41. The minimum atomic E-state index is 0.423. The zero-order valence-corrected chi connectivity index (χ0v) is 12.7. The van der Waals surface area contributed by atoms with Crippen LogP contribution in [-0.4, -0.2) is 52.9 Å². The van der Waals surface area contributed by atoms with Crippen LogP contribution in [0.25, 0.3) is 0 Å². The van der Waals surface area contributed by atoms with E-state index in [9.17, 15) is 0 Å². The van der Waals surface area contributed by atoms with Crippen LogP contribution in [0, 0.1) is 0 Å². The maximum Gasteiger partial charge on any atom is 0.318 e. The highest BCUT2D eigenvalue weighted by Gasteiger charge is 2.36. The molecular weight excluding hydrogens is 254 g/mol. The van der Waals surface area contributed by atoms with Crippen molar-refractivity contribution in [1.82, 2.24) is 20.4 Å². The van der Waals surface area contributed by atoms with Gasteiger partial charge in [0.05, 0.1) is 6.54 Å². The van der Waals surface area contributed by atoms with E-state index in [2.05, 4.69) is 46.1 Å². The van der Waals surface area contributed by atoms with Gasteiger partial charge >= 0.3 is 6.01 Å². The summed E-state index contributed by atoms with van der Waals surface area (Å²) in [6.07, 6.45) is 2.61. The number of hydrogen-bond donors (Lipinski definition) is 1. The zero-order valence-electron chi connectivity index (χ0n) is 12.7. The number of aromatic nitrogens is 2. The molecule has 0 spiro atoms. The van der Waals surface area contributed by atoms with Crippen molar-refractivity contribution in [2.45, 2.75) is 58.3 Å². The summed E-state index contributed by atoms with van der Waals surface area (Å²) in [5.74, 6) is 0.676. The van der Waals surface area contributed by atoms with Crippen molar-refractivity contribution < 1.29 is 4.42 Å². The smallest absolute Gasteiger partial charge is 0.318 e. The second kappa shape index (κ2) is 5.69. The van der Waals surface area contributed by atoms with Gasteiger partial charge in [-0.15, -0.1) is 5.10 Å². The molecule has 0 aliphatic carbocycles. The first-order valence-electron chi connectivity index (χ1n) is 7.70. The van der Waals surface area contributed by atoms with Crippen molar-refractivity contribution >= 4 is 6.01 Å². The minimum absolute atomic E-state index is 0.423. The molecule has 0 saturated carbocycles. The Morgan fingerprint density at radius 2 is 2.20 bits per heavy atom. The molecule has 0 radical (unpaired) electrons. The number of hydrogen-bond acceptors (Lipinski definition) is 6. The molecule has 2 fully saturated rings. The topological polar surface area (TPSA) is 57.4 Å². The molecule has 1 N–H and O–H groups in total. The van der Waals surface area contributed by atoms with Gasteiger partial charge in [-0.2, -0.15) is 0 Å². The van der Waals surface area contributed by atoms with E-state index in [1.807, 2.05) is 0 Å². The van der Waals surface area contributed by atoms with Gasteiger partial charge in [-0.25, -0.2) is 0 Å². The maximum atomic E-state index is 5.82. The van der Waals surface area contributed by atoms with E-state index in [-0.39, 0.29) is 0 Å². The van der Waals surface area contributed by atoms with Gasteiger partial charge in [-0.05, 0) is 26.3 Å². The van der Waals surface area contributed by atoms with Crippen LogP contribution < -0.4 is 10.2 Å². The molecular formula is C14H25N5O. The van der Waals surface area contributed by atoms with Crippen molar-refractivity contribution in [3.8, 4) is 0 Å². The first-order valence-corrected chi connectivity index (χ1v) is 7.70. The summed E-state index contributed by atoms with van der Waals surface area (Å²) in [4.78, 5) is 4.87. The SMILES string of the molecule is CC(C)NCc1nnc(N2CC3CCCN3CC2C)o1. The van der Waals surface area contributed by atoms with E-state index in [1.54, 1.807) is 0 Å². The van der Waals surface area contributed by atoms with E-state index >= 15 is 0 Å². The van der Waals surface area contributed by atoms with Gasteiger partial charge in [-0.1, -0.05) is 18.9 Å². The Bertz CT molecular complexity index is 447. The summed E-state index contributed by atoms with van der Waals surface area (Å²) in [5, 5.41) is 11.7. The molecule has 3 heterocycles. The third-order valence-electron chi connectivity index (χ3n) is 4.30. The van der Waals surface area contributed by atoms with Gasteiger partial charge in [0.2, 0.25) is 5.89 Å². The first kappa shape index (κ1) is 13.8. The highest BCUT2D eigenvalue weighted by molar-refractivity contribution is 5.29. The fraction of sp³-hybridized carbons (Fsp3) is 0.857. The average Bonchev–Trinajstić information content (AvgIpc) is 3.03. The van der Waals surface area contributed by atoms with E-state index in [4.69, 9.17) is 4.42 Å². The fourth-order valence-corrected chi connectivity index (χ4v) is 3.18. The molecule has 1 aromatic rings. The molecule has 3 rings (SSSR count). The number of anilines is 1. The van der Waals surface area contributed by atoms with Gasteiger partial charge in [0.15, 0.2) is 0 Å². The second-order valence-corrected chi connectivity index (χ2v) is 6.31. The Morgan fingerprint density at radius 1 is 1.35 bits per heavy atom. The average molecular weight is 279 g/mol. The summed E-state index contributed by atoms with van der Waals surface area (Å²) in [5.41, 5.74) is 0. The highest BCUT2D eigenvalue weighted by atomic mass is 16.4. The predicted molar refractivity (Wildman–Crippen MR) is 77.7 cm³/mol. The van der Waals surface area contributed by atoms with Gasteiger partial charge in [-0.3, -0.25) is 4.90 Å². The number of nitrogens with zero attached hydrogens (tertiary/aromatic N) is 4. The lowest BCUT2D eigenvalue weighted by Crippen LogP contribution is -2.55. The minimum Gasteiger partial charge on any atom is -0.407 e. The van der Waals surface area contributed by atoms with Crippen LogP contribution in [0.1, 0.15) is 39.5 Å². The lowest BCUT2D eigenvalue weighted by molar-refractivity contribution is 0.197. The number of fused-ring (bicyclic) bond motifs is 1. The molecule has 0 amide bonds. The van der Waals surface area contributed by atoms with Crippen molar-refractivity contribution in [3.63, 3.8) is 0 Å². The summed E-state index contributed by atoms with van der Waals surface area (Å²) < 4.78 is 5.82. The Balaban J connectivity index is 1.66. The largest absolute Gasteiger partial charge is 0.407 e. The molecule has 2 saturated heterocycles. The Kier molecular flexibility index (Phi) is 3.94. The van der Waals surface area contributed by atoms with Crippen molar-refractivity contribution in [2.75, 3.05) is 24.5 Å². The van der Waals surface area contributed by atoms with Crippen molar-refractivity contribution in [2.24, 2.45) is 0 Å². The Hall–Kier alpha value is -1.14. The highest BCUT2D eigenvalue weighted by Crippen LogP contribution is 2.27. The quantitative estimate of drug-likeness (QED) is 0.895. The van der Waals surface area contributed by atoms with E-state index < -0.39 is 0 Å². The molecule has 6 nitrogen and oxygen atoms in total. The predicted octanol–water partition coefficient (Wildman–Crippen LogP) is 1.24. The molecule has 20 heavy (non-hydrogen) atoms. The monoisotopic (exact) mass is 279 g/mol. The van der Waals surface area contributed by atoms with Gasteiger partial charge in [0, 0.05) is 31.2 Å². The normalized spacial score (nSPS) is 27.3. The van der Waals surface area contributed by atoms with E-state index in [0.29, 0.717) is 36.6 Å². The number of piperazine rings is 1. The zero-order chi connectivity index (χ0) is 14.1. The molecule has 112 valence electrons. The third-order valence-corrected chi connectivity index (χ3v) is 4.30. The van der Waals surface area contributed by atoms with Crippen molar-refractivity contribution in [1.29, 1.82) is 0 Å². The van der Waals surface area contributed by atoms with E-state index in [0.717, 1.165) is 13.1 Å². The van der Waals surface area contributed by atoms with E-state index in [1.165, 1.54) is 19.4 Å². The molecule has 0 aromatic carbocycles. The summed E-state index contributed by atoms with van der Waals surface area (Å²) >= 11 is 0. The molecule has 2 unspecified atom stereocenters. The van der Waals surface area contributed by atoms with Crippen LogP contribution in [0.3, 0.4) is 0 Å². The van der Waals surface area contributed by atoms with Gasteiger partial charge in [0.25, 0.3) is 0 Å². The summed E-state index contributed by atoms with van der Waals surface area (Å²) in [7, 11) is 0. The van der Waals surface area contributed by atoms with Crippen LogP contribution in [0.4, 0.5) is 6.01 Å². The molecule has 2 atom stereocenters. The second-order valence-electron chi connectivity index (χ2n) is 6.31. The lowest BCUT2D eigenvalue weighted by atomic mass is 10.1. The third kappa shape index (κ3) is 2.81. The van der Waals surface area contributed by atoms with Gasteiger partial charge < -0.3 is 14.6 Å². The molecule has 0 bridgehead atoms. The standard InChI is InChI=1S/C14H25N5O/c1-10(2)15-7-13-16-17-14(20-13)19-9-12-5-4-6-18(12)8-11(19)3/h10-12,15H,4-9H2,1-3H3. The first-order chi connectivity index (χ1) is 9.63. The molecule has 6 heteroatoms. The van der Waals surface area contributed by atoms with Crippen LogP contribution in [0.5, 0.6) is 0 Å². The van der Waals surface area contributed by atoms with Crippen LogP contribution in [0.15, 0.2) is 4.42 Å². The molecule has 2 aliphatic heterocycles.